The van der Waals surface area contributed by atoms with Crippen molar-refractivity contribution < 1.29 is 22.4 Å². The number of benzene rings is 2. The molecular formula is C13H7F4NO. The Labute approximate surface area is 105 Å². The maximum absolute atomic E-state index is 12.9. The van der Waals surface area contributed by atoms with Gasteiger partial charge in [0.05, 0.1) is 0 Å². The lowest BCUT2D eigenvalue weighted by Crippen LogP contribution is -2.13. The van der Waals surface area contributed by atoms with Gasteiger partial charge in [-0.1, -0.05) is 0 Å². The molecule has 98 valence electrons. The molecule has 19 heavy (non-hydrogen) atoms. The van der Waals surface area contributed by atoms with Crippen molar-refractivity contribution in [1.82, 2.24) is 0 Å². The molecule has 0 unspecified atom stereocenters. The number of hydrogen-bond donors (Lipinski definition) is 1. The van der Waals surface area contributed by atoms with Crippen LogP contribution in [-0.4, -0.2) is 5.91 Å². The quantitative estimate of drug-likeness (QED) is 0.831. The molecule has 0 spiro atoms. The lowest BCUT2D eigenvalue weighted by atomic mass is 10.2. The smallest absolute Gasteiger partial charge is 0.255 e. The summed E-state index contributed by atoms with van der Waals surface area (Å²) in [4.78, 5) is 11.7. The number of carbonyl (C=O) groups excluding carboxylic acids is 1. The van der Waals surface area contributed by atoms with E-state index >= 15 is 0 Å². The van der Waals surface area contributed by atoms with Gasteiger partial charge in [-0.25, -0.2) is 17.6 Å². The molecule has 0 radical (unpaired) electrons. The van der Waals surface area contributed by atoms with Crippen molar-refractivity contribution in [3.05, 3.63) is 65.2 Å². The molecule has 0 fully saturated rings. The van der Waals surface area contributed by atoms with E-state index in [-0.39, 0.29) is 11.3 Å². The van der Waals surface area contributed by atoms with E-state index < -0.39 is 29.2 Å². The molecule has 2 aromatic rings. The Balaban J connectivity index is 2.25. The molecule has 0 heterocycles. The van der Waals surface area contributed by atoms with Gasteiger partial charge in [0.2, 0.25) is 0 Å². The zero-order valence-corrected chi connectivity index (χ0v) is 9.38. The Kier molecular flexibility index (Phi) is 3.50. The van der Waals surface area contributed by atoms with Crippen molar-refractivity contribution in [3.63, 3.8) is 0 Å². The van der Waals surface area contributed by atoms with Gasteiger partial charge in [0, 0.05) is 23.4 Å². The molecular weight excluding hydrogens is 262 g/mol. The van der Waals surface area contributed by atoms with Gasteiger partial charge >= 0.3 is 0 Å². The van der Waals surface area contributed by atoms with Crippen molar-refractivity contribution in [2.75, 3.05) is 5.32 Å². The summed E-state index contributed by atoms with van der Waals surface area (Å²) in [6.07, 6.45) is 0. The highest BCUT2D eigenvalue weighted by molar-refractivity contribution is 6.04. The van der Waals surface area contributed by atoms with Crippen molar-refractivity contribution in [3.8, 4) is 0 Å². The fraction of sp³-hybridized carbons (Fsp3) is 0. The number of halogens is 4. The van der Waals surface area contributed by atoms with Gasteiger partial charge in [-0.3, -0.25) is 4.79 Å². The summed E-state index contributed by atoms with van der Waals surface area (Å²) in [5.41, 5.74) is -0.436. The van der Waals surface area contributed by atoms with Gasteiger partial charge < -0.3 is 5.32 Å². The fourth-order valence-corrected chi connectivity index (χ4v) is 1.51. The van der Waals surface area contributed by atoms with Gasteiger partial charge in [-0.2, -0.15) is 0 Å². The summed E-state index contributed by atoms with van der Waals surface area (Å²) in [6, 6.07) is 4.64. The van der Waals surface area contributed by atoms with Crippen molar-refractivity contribution in [2.24, 2.45) is 0 Å². The van der Waals surface area contributed by atoms with Crippen molar-refractivity contribution >= 4 is 11.6 Å². The Bertz CT molecular complexity index is 602. The second kappa shape index (κ2) is 5.09. The first-order valence-corrected chi connectivity index (χ1v) is 5.17. The van der Waals surface area contributed by atoms with Crippen LogP contribution in [0.5, 0.6) is 0 Å². The molecule has 1 amide bonds. The van der Waals surface area contributed by atoms with Crippen LogP contribution in [0.2, 0.25) is 0 Å². The van der Waals surface area contributed by atoms with Gasteiger partial charge in [-0.05, 0) is 24.3 Å². The normalized spacial score (nSPS) is 10.3. The van der Waals surface area contributed by atoms with E-state index in [0.717, 1.165) is 24.3 Å². The van der Waals surface area contributed by atoms with Crippen LogP contribution in [0.3, 0.4) is 0 Å². The lowest BCUT2D eigenvalue weighted by molar-refractivity contribution is 0.102. The first-order chi connectivity index (χ1) is 8.94. The van der Waals surface area contributed by atoms with E-state index in [4.69, 9.17) is 0 Å². The molecule has 0 atom stereocenters. The van der Waals surface area contributed by atoms with E-state index in [1.165, 1.54) is 0 Å². The summed E-state index contributed by atoms with van der Waals surface area (Å²) in [5.74, 6) is -4.46. The SMILES string of the molecule is O=C(Nc1cc(F)cc(F)c1)c1cc(F)cc(F)c1. The van der Waals surface area contributed by atoms with Crippen molar-refractivity contribution in [1.29, 1.82) is 0 Å². The molecule has 2 rings (SSSR count). The topological polar surface area (TPSA) is 29.1 Å². The first-order valence-electron chi connectivity index (χ1n) is 5.17. The molecule has 6 heteroatoms. The summed E-state index contributed by atoms with van der Waals surface area (Å²) in [7, 11) is 0. The predicted octanol–water partition coefficient (Wildman–Crippen LogP) is 3.50. The summed E-state index contributed by atoms with van der Waals surface area (Å²) in [5, 5.41) is 2.14. The van der Waals surface area contributed by atoms with Crippen LogP contribution in [-0.2, 0) is 0 Å². The van der Waals surface area contributed by atoms with Gasteiger partial charge in [0.25, 0.3) is 5.91 Å². The van der Waals surface area contributed by atoms with Gasteiger partial charge in [-0.15, -0.1) is 0 Å². The van der Waals surface area contributed by atoms with Crippen LogP contribution in [0, 0.1) is 23.3 Å². The lowest BCUT2D eigenvalue weighted by Gasteiger charge is -2.06. The van der Waals surface area contributed by atoms with Gasteiger partial charge in [0.1, 0.15) is 23.3 Å². The molecule has 0 saturated carbocycles. The molecule has 1 N–H and O–H groups in total. The van der Waals surface area contributed by atoms with E-state index in [1.807, 2.05) is 0 Å². The van der Waals surface area contributed by atoms with Crippen molar-refractivity contribution in [2.45, 2.75) is 0 Å². The Morgan fingerprint density at radius 2 is 1.16 bits per heavy atom. The Hall–Kier alpha value is -2.37. The highest BCUT2D eigenvalue weighted by Crippen LogP contribution is 2.15. The molecule has 2 nitrogen and oxygen atoms in total. The Morgan fingerprint density at radius 1 is 0.737 bits per heavy atom. The van der Waals surface area contributed by atoms with Crippen LogP contribution >= 0.6 is 0 Å². The van der Waals surface area contributed by atoms with Crippen LogP contribution in [0.15, 0.2) is 36.4 Å². The Morgan fingerprint density at radius 3 is 1.63 bits per heavy atom. The molecule has 0 aromatic heterocycles. The third-order valence-electron chi connectivity index (χ3n) is 2.25. The zero-order chi connectivity index (χ0) is 14.0. The summed E-state index contributed by atoms with van der Waals surface area (Å²) < 4.78 is 51.6. The largest absolute Gasteiger partial charge is 0.322 e. The minimum atomic E-state index is -0.921. The predicted molar refractivity (Wildman–Crippen MR) is 60.7 cm³/mol. The number of nitrogens with one attached hydrogen (secondary N) is 1. The third-order valence-corrected chi connectivity index (χ3v) is 2.25. The molecule has 0 aliphatic carbocycles. The average molecular weight is 269 g/mol. The summed E-state index contributed by atoms with van der Waals surface area (Å²) >= 11 is 0. The maximum Gasteiger partial charge on any atom is 0.255 e. The molecule has 0 aliphatic rings. The number of hydrogen-bond acceptors (Lipinski definition) is 1. The number of rotatable bonds is 2. The average Bonchev–Trinajstić information content (AvgIpc) is 2.25. The van der Waals surface area contributed by atoms with E-state index in [1.54, 1.807) is 0 Å². The number of carbonyl (C=O) groups is 1. The summed E-state index contributed by atoms with van der Waals surface area (Å²) in [6.45, 7) is 0. The van der Waals surface area contributed by atoms with Crippen LogP contribution in [0.1, 0.15) is 10.4 Å². The highest BCUT2D eigenvalue weighted by atomic mass is 19.1. The fourth-order valence-electron chi connectivity index (χ4n) is 1.51. The van der Waals surface area contributed by atoms with Crippen LogP contribution < -0.4 is 5.32 Å². The zero-order valence-electron chi connectivity index (χ0n) is 9.38. The highest BCUT2D eigenvalue weighted by Gasteiger charge is 2.10. The van der Waals surface area contributed by atoms with E-state index in [9.17, 15) is 22.4 Å². The molecule has 0 bridgehead atoms. The van der Waals surface area contributed by atoms with Crippen LogP contribution in [0.25, 0.3) is 0 Å². The van der Waals surface area contributed by atoms with Crippen LogP contribution in [0.4, 0.5) is 23.2 Å². The molecule has 2 aromatic carbocycles. The molecule has 0 saturated heterocycles. The second-order valence-electron chi connectivity index (χ2n) is 3.77. The van der Waals surface area contributed by atoms with Gasteiger partial charge in [0.15, 0.2) is 0 Å². The van der Waals surface area contributed by atoms with E-state index in [0.29, 0.717) is 12.1 Å². The second-order valence-corrected chi connectivity index (χ2v) is 3.77. The minimum Gasteiger partial charge on any atom is -0.322 e. The standard InChI is InChI=1S/C13H7F4NO/c14-8-1-7(2-9(15)3-8)13(19)18-12-5-10(16)4-11(17)6-12/h1-6H,(H,18,19). The number of anilines is 1. The third kappa shape index (κ3) is 3.31. The molecule has 0 aliphatic heterocycles. The maximum atomic E-state index is 12.9. The number of amides is 1. The monoisotopic (exact) mass is 269 g/mol. The minimum absolute atomic E-state index is 0.146. The van der Waals surface area contributed by atoms with E-state index in [2.05, 4.69) is 5.32 Å². The first kappa shape index (κ1) is 13.1.